The van der Waals surface area contributed by atoms with Crippen LogP contribution >= 0.6 is 46.2 Å². The van der Waals surface area contributed by atoms with E-state index < -0.39 is 27.8 Å². The number of hydrogen-bond donors (Lipinski definition) is 11. The summed E-state index contributed by atoms with van der Waals surface area (Å²) in [5.74, 6) is -2.13. The maximum atomic E-state index is 12.2. The Morgan fingerprint density at radius 1 is 0.600 bits per heavy atom. The van der Waals surface area contributed by atoms with Crippen LogP contribution in [-0.2, 0) is 24.0 Å². The van der Waals surface area contributed by atoms with E-state index in [-0.39, 0.29) is 57.1 Å². The maximum Gasteiger partial charge on any atom is 0.246 e. The third-order valence-corrected chi connectivity index (χ3v) is 9.25. The first-order valence-electron chi connectivity index (χ1n) is 18.3. The summed E-state index contributed by atoms with van der Waals surface area (Å²) in [6, 6.07) is 7.51. The van der Waals surface area contributed by atoms with Gasteiger partial charge in [0.05, 0.1) is 0 Å². The molecular weight excluding hydrogens is 791 g/mol. The lowest BCUT2D eigenvalue weighted by Crippen LogP contribution is -2.31. The van der Waals surface area contributed by atoms with Gasteiger partial charge in [0.15, 0.2) is 10.2 Å². The average Bonchev–Trinajstić information content (AvgIpc) is 3.13. The Kier molecular flexibility index (Phi) is 26.8. The molecule has 55 heavy (non-hydrogen) atoms. The molecule has 1 rings (SSSR count). The first-order valence-corrected chi connectivity index (χ1v) is 22.1. The highest BCUT2D eigenvalue weighted by molar-refractivity contribution is 8.77. The standard InChI is InChI=1S/C34H59N9O8S4/c1-26(44)41(49)23-9-3-6-20-35-29(45)16-18-31(47)42(50)24-10-4-7-21-36-30(46)17-19-32(48)43(51)25-11-5-8-22-37-33(52)38-27-12-14-28(15-13-27)39-34(53)40-55(2)54/h12-15,49-51,54-55H,3-11,16-25H2,1-2H3,(H,35,45)(H,36,46)(H2,37,38,52)(H2,39,40,53). The van der Waals surface area contributed by atoms with Gasteiger partial charge in [0.2, 0.25) is 29.5 Å². The second-order valence-corrected chi connectivity index (χ2v) is 16.5. The monoisotopic (exact) mass is 849 g/mol. The largest absolute Gasteiger partial charge is 0.362 e. The summed E-state index contributed by atoms with van der Waals surface area (Å²) in [6.45, 7) is 3.15. The molecule has 1 atom stereocenters. The SMILES string of the molecule is CC(=O)N(O)CCCCCNC(=O)CCC(=O)N(O)CCCCCNC(=O)CCC(=O)N(O)CCCCCNC(=S)Nc1ccc(NC(=S)N[SH](C)S)cc1. The number of amides is 5. The number of thiol groups is 2. The minimum Gasteiger partial charge on any atom is -0.362 e. The van der Waals surface area contributed by atoms with E-state index in [0.29, 0.717) is 90.0 Å². The van der Waals surface area contributed by atoms with Crippen molar-refractivity contribution in [1.82, 2.24) is 35.9 Å². The molecule has 1 aromatic carbocycles. The third-order valence-electron chi connectivity index (χ3n) is 7.81. The van der Waals surface area contributed by atoms with Gasteiger partial charge in [0, 0.05) is 83.3 Å². The molecule has 0 heterocycles. The Bertz CT molecular complexity index is 1360. The van der Waals surface area contributed by atoms with Crippen LogP contribution in [0.2, 0.25) is 0 Å². The highest BCUT2D eigenvalue weighted by Crippen LogP contribution is 2.19. The van der Waals surface area contributed by atoms with Crippen LogP contribution in [0.3, 0.4) is 0 Å². The van der Waals surface area contributed by atoms with E-state index in [1.165, 1.54) is 6.92 Å². The van der Waals surface area contributed by atoms with Gasteiger partial charge in [-0.25, -0.2) is 15.2 Å². The van der Waals surface area contributed by atoms with E-state index in [0.717, 1.165) is 24.2 Å². The fourth-order valence-electron chi connectivity index (χ4n) is 4.75. The summed E-state index contributed by atoms with van der Waals surface area (Å²) < 4.78 is 3.05. The number of anilines is 2. The van der Waals surface area contributed by atoms with E-state index in [4.69, 9.17) is 24.4 Å². The van der Waals surface area contributed by atoms with Crippen molar-refractivity contribution in [3.8, 4) is 0 Å². The van der Waals surface area contributed by atoms with Crippen molar-refractivity contribution in [3.05, 3.63) is 24.3 Å². The van der Waals surface area contributed by atoms with Crippen molar-refractivity contribution < 1.29 is 39.6 Å². The second-order valence-electron chi connectivity index (χ2n) is 12.6. The first-order chi connectivity index (χ1) is 26.2. The van der Waals surface area contributed by atoms with Crippen LogP contribution in [0.1, 0.15) is 90.4 Å². The molecule has 9 N–H and O–H groups in total. The third kappa shape index (κ3) is 26.1. The van der Waals surface area contributed by atoms with Gasteiger partial charge in [-0.1, -0.05) is 0 Å². The number of nitrogens with one attached hydrogen (secondary N) is 6. The quantitative estimate of drug-likeness (QED) is 0.0152. The van der Waals surface area contributed by atoms with Gasteiger partial charge in [0.1, 0.15) is 0 Å². The highest BCUT2D eigenvalue weighted by Gasteiger charge is 2.14. The van der Waals surface area contributed by atoms with Gasteiger partial charge in [-0.3, -0.25) is 39.6 Å². The van der Waals surface area contributed by atoms with Crippen molar-refractivity contribution in [1.29, 1.82) is 0 Å². The van der Waals surface area contributed by atoms with Crippen molar-refractivity contribution >= 4 is 97.3 Å². The van der Waals surface area contributed by atoms with Crippen LogP contribution in [0, 0.1) is 0 Å². The lowest BCUT2D eigenvalue weighted by molar-refractivity contribution is -0.166. The smallest absolute Gasteiger partial charge is 0.246 e. The number of carbonyl (C=O) groups is 5. The van der Waals surface area contributed by atoms with Gasteiger partial charge < -0.3 is 31.3 Å². The molecule has 21 heteroatoms. The van der Waals surface area contributed by atoms with E-state index in [1.807, 2.05) is 30.5 Å². The molecule has 1 unspecified atom stereocenters. The van der Waals surface area contributed by atoms with Crippen LogP contribution in [0.15, 0.2) is 24.3 Å². The normalized spacial score (nSPS) is 11.4. The number of nitrogens with zero attached hydrogens (tertiary/aromatic N) is 3. The molecule has 0 aliphatic rings. The van der Waals surface area contributed by atoms with Crippen molar-refractivity contribution in [3.63, 3.8) is 0 Å². The second kappa shape index (κ2) is 29.8. The molecular formula is C34H59N9O8S4. The predicted octanol–water partition coefficient (Wildman–Crippen LogP) is 3.63. The zero-order valence-electron chi connectivity index (χ0n) is 31.7. The van der Waals surface area contributed by atoms with Gasteiger partial charge in [0.25, 0.3) is 0 Å². The Labute approximate surface area is 342 Å². The maximum absolute atomic E-state index is 12.2. The topological polar surface area (TPSA) is 228 Å². The Hall–Kier alpha value is -3.47. The number of thiocarbonyl (C=S) groups is 2. The average molecular weight is 850 g/mol. The van der Waals surface area contributed by atoms with Crippen LogP contribution in [0.5, 0.6) is 0 Å². The molecule has 0 aromatic heterocycles. The number of carbonyl (C=O) groups excluding carboxylic acids is 5. The first kappa shape index (κ1) is 49.5. The predicted molar refractivity (Wildman–Crippen MR) is 226 cm³/mol. The number of benzene rings is 1. The highest BCUT2D eigenvalue weighted by atomic mass is 33.1. The molecule has 1 aromatic rings. The van der Waals surface area contributed by atoms with E-state index in [2.05, 4.69) is 43.0 Å². The summed E-state index contributed by atoms with van der Waals surface area (Å²) >= 11 is 14.9. The van der Waals surface area contributed by atoms with Crippen molar-refractivity contribution in [2.45, 2.75) is 90.4 Å². The van der Waals surface area contributed by atoms with E-state index in [1.54, 1.807) is 0 Å². The van der Waals surface area contributed by atoms with Crippen molar-refractivity contribution in [2.24, 2.45) is 0 Å². The zero-order valence-corrected chi connectivity index (χ0v) is 35.1. The molecule has 17 nitrogen and oxygen atoms in total. The summed E-state index contributed by atoms with van der Waals surface area (Å²) in [4.78, 5) is 59.3. The fraction of sp³-hybridized carbons (Fsp3) is 0.618. The molecule has 0 fully saturated rings. The van der Waals surface area contributed by atoms with E-state index in [9.17, 15) is 39.6 Å². The van der Waals surface area contributed by atoms with Crippen LogP contribution < -0.4 is 31.3 Å². The summed E-state index contributed by atoms with van der Waals surface area (Å²) in [5.41, 5.74) is 1.66. The lowest BCUT2D eigenvalue weighted by Gasteiger charge is -2.16. The molecule has 5 amide bonds. The molecule has 0 aliphatic carbocycles. The summed E-state index contributed by atoms with van der Waals surface area (Å²) in [7, 11) is -0.649. The van der Waals surface area contributed by atoms with Crippen LogP contribution in [-0.4, -0.2) is 116 Å². The molecule has 0 saturated heterocycles. The Morgan fingerprint density at radius 3 is 1.38 bits per heavy atom. The Balaban J connectivity index is 2.04. The van der Waals surface area contributed by atoms with Gasteiger partial charge in [-0.05, 0) is 113 Å². The molecule has 0 spiro atoms. The van der Waals surface area contributed by atoms with Crippen LogP contribution in [0.25, 0.3) is 0 Å². The van der Waals surface area contributed by atoms with E-state index >= 15 is 0 Å². The molecule has 0 aliphatic heterocycles. The number of unbranched alkanes of at least 4 members (excludes halogenated alkanes) is 6. The number of rotatable bonds is 27. The molecule has 0 saturated carbocycles. The fourth-order valence-corrected chi connectivity index (χ4v) is 6.35. The minimum absolute atomic E-state index is 0.0534. The molecule has 0 radical (unpaired) electrons. The van der Waals surface area contributed by atoms with Gasteiger partial charge in [-0.15, -0.1) is 21.8 Å². The molecule has 0 bridgehead atoms. The van der Waals surface area contributed by atoms with Gasteiger partial charge >= 0.3 is 0 Å². The zero-order chi connectivity index (χ0) is 41.0. The minimum atomic E-state index is -0.649. The summed E-state index contributed by atoms with van der Waals surface area (Å²) in [6.07, 6.45) is 7.39. The Morgan fingerprint density at radius 2 is 0.982 bits per heavy atom. The molecule has 312 valence electrons. The van der Waals surface area contributed by atoms with Crippen molar-refractivity contribution in [2.75, 3.05) is 56.2 Å². The van der Waals surface area contributed by atoms with Gasteiger partial charge in [-0.2, -0.15) is 0 Å². The van der Waals surface area contributed by atoms with Crippen LogP contribution in [0.4, 0.5) is 11.4 Å². The summed E-state index contributed by atoms with van der Waals surface area (Å²) in [5, 5.41) is 46.9. The number of hydrogen-bond acceptors (Lipinski definition) is 11. The lowest BCUT2D eigenvalue weighted by atomic mass is 10.2. The number of hydroxylamine groups is 6.